The van der Waals surface area contributed by atoms with E-state index in [0.29, 0.717) is 6.61 Å². The molecule has 114 valence electrons. The molecule has 2 heteroatoms. The van der Waals surface area contributed by atoms with Crippen LogP contribution < -0.4 is 9.47 Å². The van der Waals surface area contributed by atoms with E-state index in [1.165, 1.54) is 0 Å². The van der Waals surface area contributed by atoms with Crippen molar-refractivity contribution in [3.8, 4) is 11.5 Å². The number of hydrogen-bond donors (Lipinski definition) is 0. The maximum Gasteiger partial charge on any atom is 0.136 e. The van der Waals surface area contributed by atoms with Crippen molar-refractivity contribution in [3.05, 3.63) is 48.5 Å². The van der Waals surface area contributed by atoms with Crippen molar-refractivity contribution < 1.29 is 9.47 Å². The molecule has 0 spiro atoms. The highest BCUT2D eigenvalue weighted by Crippen LogP contribution is 2.43. The van der Waals surface area contributed by atoms with Crippen molar-refractivity contribution in [2.45, 2.75) is 33.3 Å². The molecule has 3 rings (SSSR count). The lowest BCUT2D eigenvalue weighted by molar-refractivity contribution is 0.135. The molecule has 0 amide bonds. The van der Waals surface area contributed by atoms with Crippen LogP contribution in [0.2, 0.25) is 0 Å². The fraction of sp³-hybridized carbons (Fsp3) is 0.300. The van der Waals surface area contributed by atoms with Gasteiger partial charge >= 0.3 is 0 Å². The van der Waals surface area contributed by atoms with Crippen molar-refractivity contribution in [2.24, 2.45) is 0 Å². The molecule has 0 aromatic heterocycles. The molecule has 0 aliphatic rings. The first-order chi connectivity index (χ1) is 10.5. The van der Waals surface area contributed by atoms with Gasteiger partial charge in [0.05, 0.1) is 6.61 Å². The molecule has 0 unspecified atom stereocenters. The van der Waals surface area contributed by atoms with Gasteiger partial charge in [-0.15, -0.1) is 0 Å². The van der Waals surface area contributed by atoms with Crippen molar-refractivity contribution >= 4 is 21.5 Å². The van der Waals surface area contributed by atoms with Crippen LogP contribution in [0.25, 0.3) is 21.5 Å². The van der Waals surface area contributed by atoms with E-state index in [2.05, 4.69) is 45.0 Å². The zero-order valence-corrected chi connectivity index (χ0v) is 13.6. The van der Waals surface area contributed by atoms with Crippen LogP contribution in [0.1, 0.15) is 27.7 Å². The third kappa shape index (κ3) is 2.61. The van der Waals surface area contributed by atoms with E-state index < -0.39 is 0 Å². The summed E-state index contributed by atoms with van der Waals surface area (Å²) in [7, 11) is 0. The Morgan fingerprint density at radius 2 is 1.14 bits per heavy atom. The van der Waals surface area contributed by atoms with Gasteiger partial charge < -0.3 is 9.47 Å². The molecule has 0 radical (unpaired) electrons. The fourth-order valence-corrected chi connectivity index (χ4v) is 2.76. The smallest absolute Gasteiger partial charge is 0.136 e. The van der Waals surface area contributed by atoms with Crippen LogP contribution in [-0.4, -0.2) is 12.2 Å². The van der Waals surface area contributed by atoms with Gasteiger partial charge in [0.15, 0.2) is 0 Å². The quantitative estimate of drug-likeness (QED) is 0.588. The monoisotopic (exact) mass is 294 g/mol. The third-order valence-electron chi connectivity index (χ3n) is 3.53. The molecule has 3 aromatic carbocycles. The van der Waals surface area contributed by atoms with Crippen LogP contribution in [0, 0.1) is 0 Å². The van der Waals surface area contributed by atoms with Crippen LogP contribution >= 0.6 is 0 Å². The predicted octanol–water partition coefficient (Wildman–Crippen LogP) is 5.57. The maximum atomic E-state index is 6.31. The lowest BCUT2D eigenvalue weighted by Gasteiger charge is -2.25. The van der Waals surface area contributed by atoms with E-state index in [1.54, 1.807) is 0 Å². The second-order valence-electron chi connectivity index (χ2n) is 6.40. The van der Waals surface area contributed by atoms with Gasteiger partial charge in [0.25, 0.3) is 0 Å². The number of fused-ring (bicyclic) bond motifs is 2. The molecule has 0 atom stereocenters. The Bertz CT molecular complexity index is 756. The molecular formula is C20H22O2. The van der Waals surface area contributed by atoms with Gasteiger partial charge in [0, 0.05) is 21.5 Å². The average molecular weight is 294 g/mol. The Labute approximate surface area is 131 Å². The Balaban J connectivity index is 2.43. The highest BCUT2D eigenvalue weighted by Gasteiger charge is 2.19. The summed E-state index contributed by atoms with van der Waals surface area (Å²) < 4.78 is 12.3. The van der Waals surface area contributed by atoms with Gasteiger partial charge in [-0.05, 0) is 27.7 Å². The summed E-state index contributed by atoms with van der Waals surface area (Å²) in [5.41, 5.74) is -0.251. The molecule has 0 saturated heterocycles. The summed E-state index contributed by atoms with van der Waals surface area (Å²) in [6.07, 6.45) is 0. The van der Waals surface area contributed by atoms with Crippen LogP contribution in [0.5, 0.6) is 11.5 Å². The minimum Gasteiger partial charge on any atom is -0.493 e. The van der Waals surface area contributed by atoms with Gasteiger partial charge in [0.1, 0.15) is 17.1 Å². The Kier molecular flexibility index (Phi) is 3.69. The zero-order valence-electron chi connectivity index (χ0n) is 13.6. The number of rotatable bonds is 3. The Hall–Kier alpha value is -2.22. The molecule has 0 aliphatic heterocycles. The summed E-state index contributed by atoms with van der Waals surface area (Å²) in [5.74, 6) is 1.87. The normalized spacial score (nSPS) is 11.8. The Morgan fingerprint density at radius 1 is 0.727 bits per heavy atom. The van der Waals surface area contributed by atoms with E-state index in [1.807, 2.05) is 31.2 Å². The SMILES string of the molecule is CCOc1c2ccccc2c(OC(C)(C)C)c2ccccc12. The van der Waals surface area contributed by atoms with Crippen molar-refractivity contribution in [3.63, 3.8) is 0 Å². The summed E-state index contributed by atoms with van der Waals surface area (Å²) in [6, 6.07) is 16.6. The molecule has 22 heavy (non-hydrogen) atoms. The number of ether oxygens (including phenoxy) is 2. The average Bonchev–Trinajstić information content (AvgIpc) is 2.49. The minimum atomic E-state index is -0.251. The standard InChI is InChI=1S/C20H22O2/c1-5-21-18-14-10-6-8-12-16(14)19(22-20(2,3)4)17-13-9-7-11-15(17)18/h6-13H,5H2,1-4H3. The zero-order chi connectivity index (χ0) is 15.7. The first-order valence-electron chi connectivity index (χ1n) is 7.76. The molecule has 0 heterocycles. The summed E-state index contributed by atoms with van der Waals surface area (Å²) in [5, 5.41) is 4.39. The summed E-state index contributed by atoms with van der Waals surface area (Å²) in [4.78, 5) is 0. The van der Waals surface area contributed by atoms with Gasteiger partial charge in [-0.1, -0.05) is 48.5 Å². The van der Waals surface area contributed by atoms with E-state index >= 15 is 0 Å². The van der Waals surface area contributed by atoms with Crippen LogP contribution in [0.4, 0.5) is 0 Å². The van der Waals surface area contributed by atoms with Crippen LogP contribution in [0.15, 0.2) is 48.5 Å². The lowest BCUT2D eigenvalue weighted by atomic mass is 10.00. The molecule has 0 N–H and O–H groups in total. The second kappa shape index (κ2) is 5.53. The first-order valence-corrected chi connectivity index (χ1v) is 7.76. The first kappa shape index (κ1) is 14.7. The molecule has 0 bridgehead atoms. The number of benzene rings is 3. The molecular weight excluding hydrogens is 272 g/mol. The lowest BCUT2D eigenvalue weighted by Crippen LogP contribution is -2.23. The molecule has 3 aromatic rings. The molecule has 0 fully saturated rings. The fourth-order valence-electron chi connectivity index (χ4n) is 2.76. The van der Waals surface area contributed by atoms with E-state index in [0.717, 1.165) is 33.0 Å². The predicted molar refractivity (Wildman–Crippen MR) is 93.0 cm³/mol. The number of hydrogen-bond acceptors (Lipinski definition) is 2. The van der Waals surface area contributed by atoms with Crippen molar-refractivity contribution in [1.29, 1.82) is 0 Å². The highest BCUT2D eigenvalue weighted by atomic mass is 16.5. The van der Waals surface area contributed by atoms with Gasteiger partial charge in [-0.3, -0.25) is 0 Å². The highest BCUT2D eigenvalue weighted by molar-refractivity contribution is 6.11. The van der Waals surface area contributed by atoms with E-state index in [-0.39, 0.29) is 5.60 Å². The summed E-state index contributed by atoms with van der Waals surface area (Å²) in [6.45, 7) is 8.89. The van der Waals surface area contributed by atoms with Gasteiger partial charge in [-0.25, -0.2) is 0 Å². The van der Waals surface area contributed by atoms with Gasteiger partial charge in [-0.2, -0.15) is 0 Å². The van der Waals surface area contributed by atoms with Crippen molar-refractivity contribution in [1.82, 2.24) is 0 Å². The largest absolute Gasteiger partial charge is 0.493 e. The molecule has 0 saturated carbocycles. The maximum absolute atomic E-state index is 6.31. The van der Waals surface area contributed by atoms with Crippen LogP contribution in [-0.2, 0) is 0 Å². The summed E-state index contributed by atoms with van der Waals surface area (Å²) >= 11 is 0. The second-order valence-corrected chi connectivity index (χ2v) is 6.40. The minimum absolute atomic E-state index is 0.251. The topological polar surface area (TPSA) is 18.5 Å². The Morgan fingerprint density at radius 3 is 1.50 bits per heavy atom. The van der Waals surface area contributed by atoms with Crippen molar-refractivity contribution in [2.75, 3.05) is 6.61 Å². The van der Waals surface area contributed by atoms with Gasteiger partial charge in [0.2, 0.25) is 0 Å². The molecule has 2 nitrogen and oxygen atoms in total. The molecule has 0 aliphatic carbocycles. The van der Waals surface area contributed by atoms with E-state index in [9.17, 15) is 0 Å². The van der Waals surface area contributed by atoms with Crippen LogP contribution in [0.3, 0.4) is 0 Å². The van der Waals surface area contributed by atoms with E-state index in [4.69, 9.17) is 9.47 Å². The third-order valence-corrected chi connectivity index (χ3v) is 3.53.